The second-order valence-electron chi connectivity index (χ2n) is 7.38. The Morgan fingerprint density at radius 1 is 0.903 bits per heavy atom. The van der Waals surface area contributed by atoms with Gasteiger partial charge in [0.1, 0.15) is 17.1 Å². The van der Waals surface area contributed by atoms with Crippen molar-refractivity contribution in [1.29, 1.82) is 0 Å². The highest BCUT2D eigenvalue weighted by Crippen LogP contribution is 2.26. The fourth-order valence-corrected chi connectivity index (χ4v) is 3.55. The first-order chi connectivity index (χ1) is 15.2. The van der Waals surface area contributed by atoms with Crippen molar-refractivity contribution < 1.29 is 9.15 Å². The Kier molecular flexibility index (Phi) is 4.88. The van der Waals surface area contributed by atoms with E-state index in [1.54, 1.807) is 7.11 Å². The van der Waals surface area contributed by atoms with Gasteiger partial charge in [-0.1, -0.05) is 24.3 Å². The van der Waals surface area contributed by atoms with Crippen LogP contribution in [0.3, 0.4) is 0 Å². The lowest BCUT2D eigenvalue weighted by Crippen LogP contribution is -2.03. The van der Waals surface area contributed by atoms with Crippen molar-refractivity contribution in [2.45, 2.75) is 13.5 Å². The van der Waals surface area contributed by atoms with Gasteiger partial charge in [0.2, 0.25) is 0 Å². The Morgan fingerprint density at radius 3 is 2.71 bits per heavy atom. The molecule has 31 heavy (non-hydrogen) atoms. The Morgan fingerprint density at radius 2 is 1.81 bits per heavy atom. The number of aryl methyl sites for hydroxylation is 1. The molecule has 3 aromatic carbocycles. The number of nitrogens with zero attached hydrogens (tertiary/aromatic N) is 2. The van der Waals surface area contributed by atoms with E-state index in [0.29, 0.717) is 12.6 Å². The highest BCUT2D eigenvalue weighted by atomic mass is 16.5. The van der Waals surface area contributed by atoms with Crippen LogP contribution in [0.15, 0.2) is 77.2 Å². The van der Waals surface area contributed by atoms with Crippen LogP contribution in [0.4, 0.5) is 17.5 Å². The zero-order valence-electron chi connectivity index (χ0n) is 17.3. The maximum absolute atomic E-state index is 5.79. The molecule has 5 rings (SSSR count). The van der Waals surface area contributed by atoms with E-state index in [1.807, 2.05) is 79.7 Å². The predicted molar refractivity (Wildman–Crippen MR) is 124 cm³/mol. The third kappa shape index (κ3) is 4.00. The Labute approximate surface area is 179 Å². The third-order valence-electron chi connectivity index (χ3n) is 5.14. The van der Waals surface area contributed by atoms with Crippen molar-refractivity contribution in [3.8, 4) is 5.75 Å². The number of benzene rings is 3. The van der Waals surface area contributed by atoms with E-state index in [4.69, 9.17) is 14.1 Å². The number of anilines is 3. The maximum atomic E-state index is 5.79. The number of hydrogen-bond donors (Lipinski definition) is 2. The maximum Gasteiger partial charge on any atom is 0.300 e. The number of oxazole rings is 1. The number of aromatic nitrogens is 2. The molecular formula is C25H22N4O2. The fourth-order valence-electron chi connectivity index (χ4n) is 3.55. The van der Waals surface area contributed by atoms with E-state index < -0.39 is 0 Å². The first kappa shape index (κ1) is 18.9. The minimum absolute atomic E-state index is 0.475. The number of fused-ring (bicyclic) bond motifs is 2. The second-order valence-corrected chi connectivity index (χ2v) is 7.38. The first-order valence-corrected chi connectivity index (χ1v) is 10.1. The van der Waals surface area contributed by atoms with Gasteiger partial charge in [-0.25, -0.2) is 4.98 Å². The van der Waals surface area contributed by atoms with Crippen LogP contribution in [0.5, 0.6) is 5.75 Å². The number of rotatable bonds is 6. The molecule has 2 aromatic heterocycles. The van der Waals surface area contributed by atoms with Gasteiger partial charge in [0.05, 0.1) is 12.6 Å². The molecule has 0 spiro atoms. The third-order valence-corrected chi connectivity index (χ3v) is 5.14. The Hall–Kier alpha value is -4.06. The van der Waals surface area contributed by atoms with E-state index in [1.165, 1.54) is 0 Å². The van der Waals surface area contributed by atoms with E-state index >= 15 is 0 Å². The highest BCUT2D eigenvalue weighted by molar-refractivity contribution is 5.85. The zero-order valence-corrected chi connectivity index (χ0v) is 17.3. The first-order valence-electron chi connectivity index (χ1n) is 10.1. The molecule has 0 aliphatic heterocycles. The van der Waals surface area contributed by atoms with E-state index in [2.05, 4.69) is 15.6 Å². The van der Waals surface area contributed by atoms with Crippen LogP contribution in [0.2, 0.25) is 0 Å². The molecule has 6 heteroatoms. The predicted octanol–water partition coefficient (Wildman–Crippen LogP) is 6.05. The average Bonchev–Trinajstić information content (AvgIpc) is 3.19. The summed E-state index contributed by atoms with van der Waals surface area (Å²) in [6.45, 7) is 2.68. The van der Waals surface area contributed by atoms with Gasteiger partial charge in [0.15, 0.2) is 5.58 Å². The van der Waals surface area contributed by atoms with Crippen LogP contribution in [-0.2, 0) is 6.54 Å². The molecule has 0 aliphatic rings. The second kappa shape index (κ2) is 7.99. The fraction of sp³-hybridized carbons (Fsp3) is 0.120. The van der Waals surface area contributed by atoms with Crippen molar-refractivity contribution in [2.75, 3.05) is 17.7 Å². The number of para-hydroxylation sites is 1. The summed E-state index contributed by atoms with van der Waals surface area (Å²) >= 11 is 0. The van der Waals surface area contributed by atoms with Crippen molar-refractivity contribution >= 4 is 39.5 Å². The standard InChI is InChI=1S/C25H22N4O2/c1-16-7-11-23-21(13-16)29-25(31-23)27-19-9-10-20-17(14-19)8-12-24(28-20)26-15-18-5-3-4-6-22(18)30-2/h3-14H,15H2,1-2H3,(H,26,28)(H,27,29). The summed E-state index contributed by atoms with van der Waals surface area (Å²) in [5.74, 6) is 1.68. The SMILES string of the molecule is COc1ccccc1CNc1ccc2cc(Nc3nc4cc(C)ccc4o3)ccc2n1. The lowest BCUT2D eigenvalue weighted by atomic mass is 10.2. The van der Waals surface area contributed by atoms with Gasteiger partial charge in [-0.2, -0.15) is 4.98 Å². The molecule has 6 nitrogen and oxygen atoms in total. The van der Waals surface area contributed by atoms with E-state index in [-0.39, 0.29) is 0 Å². The molecule has 0 saturated heterocycles. The molecule has 0 bridgehead atoms. The summed E-state index contributed by atoms with van der Waals surface area (Å²) in [6, 6.07) is 24.4. The average molecular weight is 410 g/mol. The minimum Gasteiger partial charge on any atom is -0.496 e. The van der Waals surface area contributed by atoms with Crippen molar-refractivity contribution in [1.82, 2.24) is 9.97 Å². The van der Waals surface area contributed by atoms with Crippen LogP contribution in [0.25, 0.3) is 22.0 Å². The van der Waals surface area contributed by atoms with Gasteiger partial charge in [-0.15, -0.1) is 0 Å². The van der Waals surface area contributed by atoms with Crippen LogP contribution >= 0.6 is 0 Å². The summed E-state index contributed by atoms with van der Waals surface area (Å²) in [5.41, 5.74) is 5.65. The molecule has 5 aromatic rings. The molecule has 2 heterocycles. The lowest BCUT2D eigenvalue weighted by Gasteiger charge is -2.11. The van der Waals surface area contributed by atoms with Gasteiger partial charge in [0, 0.05) is 23.2 Å². The number of methoxy groups -OCH3 is 1. The van der Waals surface area contributed by atoms with E-state index in [9.17, 15) is 0 Å². The smallest absolute Gasteiger partial charge is 0.300 e. The molecule has 0 unspecified atom stereocenters. The number of nitrogens with one attached hydrogen (secondary N) is 2. The van der Waals surface area contributed by atoms with Crippen molar-refractivity contribution in [3.05, 3.63) is 83.9 Å². The summed E-state index contributed by atoms with van der Waals surface area (Å²) in [5, 5.41) is 7.64. The van der Waals surface area contributed by atoms with E-state index in [0.717, 1.165) is 50.4 Å². The topological polar surface area (TPSA) is 72.2 Å². The minimum atomic E-state index is 0.475. The normalized spacial score (nSPS) is 11.0. The molecule has 154 valence electrons. The van der Waals surface area contributed by atoms with Gasteiger partial charge in [0.25, 0.3) is 6.01 Å². The molecular weight excluding hydrogens is 388 g/mol. The van der Waals surface area contributed by atoms with Crippen LogP contribution in [0.1, 0.15) is 11.1 Å². The van der Waals surface area contributed by atoms with Gasteiger partial charge >= 0.3 is 0 Å². The molecule has 0 fully saturated rings. The number of pyridine rings is 1. The highest BCUT2D eigenvalue weighted by Gasteiger charge is 2.08. The molecule has 0 aliphatic carbocycles. The van der Waals surface area contributed by atoms with Crippen molar-refractivity contribution in [2.24, 2.45) is 0 Å². The molecule has 2 N–H and O–H groups in total. The summed E-state index contributed by atoms with van der Waals surface area (Å²) in [7, 11) is 1.68. The van der Waals surface area contributed by atoms with Crippen LogP contribution in [0, 0.1) is 6.92 Å². The largest absolute Gasteiger partial charge is 0.496 e. The summed E-state index contributed by atoms with van der Waals surface area (Å²) < 4.78 is 11.2. The zero-order chi connectivity index (χ0) is 21.2. The summed E-state index contributed by atoms with van der Waals surface area (Å²) in [6.07, 6.45) is 0. The molecule has 0 atom stereocenters. The summed E-state index contributed by atoms with van der Waals surface area (Å²) in [4.78, 5) is 9.24. The molecule has 0 saturated carbocycles. The van der Waals surface area contributed by atoms with Gasteiger partial charge in [-0.3, -0.25) is 0 Å². The van der Waals surface area contributed by atoms with Gasteiger partial charge in [-0.05, 0) is 61.0 Å². The van der Waals surface area contributed by atoms with Crippen LogP contribution in [-0.4, -0.2) is 17.1 Å². The number of ether oxygens (including phenoxy) is 1. The van der Waals surface area contributed by atoms with Gasteiger partial charge < -0.3 is 19.8 Å². The quantitative estimate of drug-likeness (QED) is 0.355. The lowest BCUT2D eigenvalue weighted by molar-refractivity contribution is 0.410. The van der Waals surface area contributed by atoms with Crippen LogP contribution < -0.4 is 15.4 Å². The Balaban J connectivity index is 1.33. The molecule has 0 amide bonds. The van der Waals surface area contributed by atoms with Crippen molar-refractivity contribution in [3.63, 3.8) is 0 Å². The monoisotopic (exact) mass is 410 g/mol. The Bertz CT molecular complexity index is 1380. The number of hydrogen-bond acceptors (Lipinski definition) is 6. The molecule has 0 radical (unpaired) electrons.